The van der Waals surface area contributed by atoms with Crippen LogP contribution in [0.25, 0.3) is 10.9 Å². The van der Waals surface area contributed by atoms with Gasteiger partial charge in [-0.3, -0.25) is 4.79 Å². The number of carbonyl (C=O) groups excluding carboxylic acids is 1. The molecule has 1 aromatic heterocycles. The number of fused-ring (bicyclic) bond motifs is 2. The molecule has 0 unspecified atom stereocenters. The average Bonchev–Trinajstić information content (AvgIpc) is 2.85. The van der Waals surface area contributed by atoms with Crippen molar-refractivity contribution in [1.29, 1.82) is 0 Å². The molecule has 5 heteroatoms. The third-order valence-electron chi connectivity index (χ3n) is 4.03. The molecule has 1 aliphatic heterocycles. The summed E-state index contributed by atoms with van der Waals surface area (Å²) >= 11 is 0. The Morgan fingerprint density at radius 1 is 1.04 bits per heavy atom. The number of aryl methyl sites for hydroxylation is 1. The van der Waals surface area contributed by atoms with Crippen LogP contribution in [0.1, 0.15) is 22.5 Å². The zero-order valence-corrected chi connectivity index (χ0v) is 13.4. The van der Waals surface area contributed by atoms with Gasteiger partial charge in [-0.1, -0.05) is 12.1 Å². The normalized spacial score (nSPS) is 13.5. The van der Waals surface area contributed by atoms with Crippen LogP contribution in [0.2, 0.25) is 0 Å². The zero-order chi connectivity index (χ0) is 16.5. The number of aromatic nitrogens is 1. The lowest BCUT2D eigenvalue weighted by Crippen LogP contribution is -2.12. The molecule has 2 aromatic carbocycles. The first kappa shape index (κ1) is 14.6. The molecule has 2 heterocycles. The Balaban J connectivity index is 1.57. The van der Waals surface area contributed by atoms with Crippen LogP contribution in [0, 0.1) is 6.92 Å². The fourth-order valence-electron chi connectivity index (χ4n) is 2.80. The van der Waals surface area contributed by atoms with Crippen molar-refractivity contribution in [2.75, 3.05) is 18.5 Å². The molecule has 0 saturated carbocycles. The molecular weight excluding hydrogens is 304 g/mol. The first-order valence-electron chi connectivity index (χ1n) is 7.99. The standard InChI is InChI=1S/C19H18N2O3/c1-12-3-4-13-10-16(21-15(13)9-12)19(22)20-14-5-6-17-18(11-14)24-8-2-7-23-17/h3-6,9-11,21H,2,7-8H2,1H3,(H,20,22). The number of benzene rings is 2. The monoisotopic (exact) mass is 322 g/mol. The van der Waals surface area contributed by atoms with Gasteiger partial charge < -0.3 is 19.8 Å². The first-order chi connectivity index (χ1) is 11.7. The van der Waals surface area contributed by atoms with E-state index in [1.54, 1.807) is 6.07 Å². The van der Waals surface area contributed by atoms with Gasteiger partial charge in [-0.25, -0.2) is 0 Å². The maximum absolute atomic E-state index is 12.5. The largest absolute Gasteiger partial charge is 0.490 e. The van der Waals surface area contributed by atoms with Crippen LogP contribution in [0.3, 0.4) is 0 Å². The van der Waals surface area contributed by atoms with E-state index in [0.29, 0.717) is 36.1 Å². The predicted octanol–water partition coefficient (Wildman–Crippen LogP) is 3.89. The number of nitrogens with one attached hydrogen (secondary N) is 2. The maximum atomic E-state index is 12.5. The van der Waals surface area contributed by atoms with Crippen LogP contribution < -0.4 is 14.8 Å². The van der Waals surface area contributed by atoms with Crippen molar-refractivity contribution in [2.45, 2.75) is 13.3 Å². The Morgan fingerprint density at radius 2 is 1.88 bits per heavy atom. The summed E-state index contributed by atoms with van der Waals surface area (Å²) in [6, 6.07) is 13.4. The molecule has 0 aliphatic carbocycles. The van der Waals surface area contributed by atoms with Gasteiger partial charge in [-0.05, 0) is 36.8 Å². The minimum atomic E-state index is -0.182. The molecule has 0 bridgehead atoms. The highest BCUT2D eigenvalue weighted by molar-refractivity contribution is 6.06. The molecule has 0 atom stereocenters. The highest BCUT2D eigenvalue weighted by Crippen LogP contribution is 2.32. The number of carbonyl (C=O) groups is 1. The second kappa shape index (κ2) is 5.92. The van der Waals surface area contributed by atoms with Gasteiger partial charge in [-0.2, -0.15) is 0 Å². The van der Waals surface area contributed by atoms with Gasteiger partial charge in [0, 0.05) is 29.1 Å². The van der Waals surface area contributed by atoms with Crippen molar-refractivity contribution in [3.8, 4) is 11.5 Å². The lowest BCUT2D eigenvalue weighted by atomic mass is 10.2. The van der Waals surface area contributed by atoms with Crippen molar-refractivity contribution in [2.24, 2.45) is 0 Å². The van der Waals surface area contributed by atoms with Gasteiger partial charge in [0.25, 0.3) is 5.91 Å². The number of amides is 1. The molecule has 122 valence electrons. The summed E-state index contributed by atoms with van der Waals surface area (Å²) in [4.78, 5) is 15.7. The fourth-order valence-corrected chi connectivity index (χ4v) is 2.80. The Morgan fingerprint density at radius 3 is 2.75 bits per heavy atom. The summed E-state index contributed by atoms with van der Waals surface area (Å²) in [7, 11) is 0. The number of hydrogen-bond donors (Lipinski definition) is 2. The molecule has 4 rings (SSSR count). The number of rotatable bonds is 2. The molecule has 0 spiro atoms. The second-order valence-electron chi connectivity index (χ2n) is 5.94. The minimum absolute atomic E-state index is 0.182. The summed E-state index contributed by atoms with van der Waals surface area (Å²) in [5, 5.41) is 3.92. The van der Waals surface area contributed by atoms with Crippen LogP contribution in [-0.4, -0.2) is 24.1 Å². The number of anilines is 1. The van der Waals surface area contributed by atoms with Crippen LogP contribution in [0.15, 0.2) is 42.5 Å². The second-order valence-corrected chi connectivity index (χ2v) is 5.94. The van der Waals surface area contributed by atoms with Gasteiger partial charge in [0.15, 0.2) is 11.5 Å². The molecule has 0 fully saturated rings. The lowest BCUT2D eigenvalue weighted by Gasteiger charge is -2.10. The predicted molar refractivity (Wildman–Crippen MR) is 93.0 cm³/mol. The number of H-pyrrole nitrogens is 1. The molecule has 2 N–H and O–H groups in total. The Labute approximate surface area is 139 Å². The molecule has 1 amide bonds. The summed E-state index contributed by atoms with van der Waals surface area (Å²) < 4.78 is 11.3. The minimum Gasteiger partial charge on any atom is -0.490 e. The highest BCUT2D eigenvalue weighted by Gasteiger charge is 2.14. The van der Waals surface area contributed by atoms with Crippen LogP contribution in [0.5, 0.6) is 11.5 Å². The highest BCUT2D eigenvalue weighted by atomic mass is 16.5. The SMILES string of the molecule is Cc1ccc2cc(C(=O)Nc3ccc4c(c3)OCCCO4)[nH]c2c1. The molecule has 5 nitrogen and oxygen atoms in total. The van der Waals surface area contributed by atoms with E-state index in [-0.39, 0.29) is 5.91 Å². The van der Waals surface area contributed by atoms with Crippen molar-refractivity contribution < 1.29 is 14.3 Å². The number of ether oxygens (including phenoxy) is 2. The molecule has 1 aliphatic rings. The van der Waals surface area contributed by atoms with E-state index in [0.717, 1.165) is 22.9 Å². The summed E-state index contributed by atoms with van der Waals surface area (Å²) in [5.74, 6) is 1.20. The van der Waals surface area contributed by atoms with Crippen LogP contribution >= 0.6 is 0 Å². The van der Waals surface area contributed by atoms with Crippen LogP contribution in [-0.2, 0) is 0 Å². The molecule has 0 radical (unpaired) electrons. The van der Waals surface area contributed by atoms with Gasteiger partial charge in [-0.15, -0.1) is 0 Å². The average molecular weight is 322 g/mol. The van der Waals surface area contributed by atoms with Crippen molar-refractivity contribution in [1.82, 2.24) is 4.98 Å². The smallest absolute Gasteiger partial charge is 0.272 e. The molecule has 3 aromatic rings. The van der Waals surface area contributed by atoms with E-state index in [4.69, 9.17) is 9.47 Å². The quantitative estimate of drug-likeness (QED) is 0.752. The van der Waals surface area contributed by atoms with Gasteiger partial charge in [0.2, 0.25) is 0 Å². The van der Waals surface area contributed by atoms with Crippen molar-refractivity contribution in [3.63, 3.8) is 0 Å². The van der Waals surface area contributed by atoms with E-state index in [2.05, 4.69) is 10.3 Å². The maximum Gasteiger partial charge on any atom is 0.272 e. The fraction of sp³-hybridized carbons (Fsp3) is 0.211. The molecule has 0 saturated heterocycles. The topological polar surface area (TPSA) is 63.4 Å². The van der Waals surface area contributed by atoms with Crippen molar-refractivity contribution in [3.05, 3.63) is 53.7 Å². The van der Waals surface area contributed by atoms with E-state index in [1.807, 2.05) is 43.3 Å². The Hall–Kier alpha value is -2.95. The van der Waals surface area contributed by atoms with Gasteiger partial charge >= 0.3 is 0 Å². The van der Waals surface area contributed by atoms with E-state index >= 15 is 0 Å². The third-order valence-corrected chi connectivity index (χ3v) is 4.03. The summed E-state index contributed by atoms with van der Waals surface area (Å²) in [6.07, 6.45) is 0.852. The van der Waals surface area contributed by atoms with Crippen molar-refractivity contribution >= 4 is 22.5 Å². The molecular formula is C19H18N2O3. The lowest BCUT2D eigenvalue weighted by molar-refractivity contribution is 0.102. The zero-order valence-electron chi connectivity index (χ0n) is 13.4. The van der Waals surface area contributed by atoms with Gasteiger partial charge in [0.05, 0.1) is 13.2 Å². The van der Waals surface area contributed by atoms with E-state index < -0.39 is 0 Å². The third kappa shape index (κ3) is 2.80. The number of aromatic amines is 1. The van der Waals surface area contributed by atoms with E-state index in [1.165, 1.54) is 0 Å². The summed E-state index contributed by atoms with van der Waals surface area (Å²) in [5.41, 5.74) is 3.32. The Kier molecular flexibility index (Phi) is 3.61. The van der Waals surface area contributed by atoms with Gasteiger partial charge in [0.1, 0.15) is 5.69 Å². The Bertz CT molecular complexity index is 914. The van der Waals surface area contributed by atoms with Crippen LogP contribution in [0.4, 0.5) is 5.69 Å². The summed E-state index contributed by atoms with van der Waals surface area (Å²) in [6.45, 7) is 3.29. The number of hydrogen-bond acceptors (Lipinski definition) is 3. The first-order valence-corrected chi connectivity index (χ1v) is 7.99. The van der Waals surface area contributed by atoms with E-state index in [9.17, 15) is 4.79 Å². The molecule has 24 heavy (non-hydrogen) atoms.